The topological polar surface area (TPSA) is 29.3 Å². The first-order valence-corrected chi connectivity index (χ1v) is 6.66. The minimum atomic E-state index is 0.260. The van der Waals surface area contributed by atoms with Crippen molar-refractivity contribution in [3.63, 3.8) is 0 Å². The van der Waals surface area contributed by atoms with Gasteiger partial charge in [0.25, 0.3) is 0 Å². The molecule has 1 aliphatic carbocycles. The van der Waals surface area contributed by atoms with E-state index in [2.05, 4.69) is 30.9 Å². The molecule has 0 atom stereocenters. The minimum absolute atomic E-state index is 0.260. The van der Waals surface area contributed by atoms with Crippen molar-refractivity contribution >= 4 is 5.69 Å². The molecule has 3 rings (SSSR count). The number of anilines is 1. The maximum absolute atomic E-state index is 5.91. The maximum atomic E-state index is 5.91. The van der Waals surface area contributed by atoms with Gasteiger partial charge in [0.15, 0.2) is 0 Å². The molecule has 1 heterocycles. The third kappa shape index (κ3) is 2.19. The van der Waals surface area contributed by atoms with E-state index >= 15 is 0 Å². The van der Waals surface area contributed by atoms with Gasteiger partial charge in [-0.15, -0.1) is 0 Å². The second-order valence-electron chi connectivity index (χ2n) is 6.41. The largest absolute Gasteiger partial charge is 0.399 e. The second kappa shape index (κ2) is 3.74. The van der Waals surface area contributed by atoms with Crippen molar-refractivity contribution in [3.05, 3.63) is 29.3 Å². The Kier molecular flexibility index (Phi) is 2.44. The van der Waals surface area contributed by atoms with Crippen LogP contribution >= 0.6 is 0 Å². The molecule has 92 valence electrons. The molecule has 1 saturated carbocycles. The molecule has 1 fully saturated rings. The summed E-state index contributed by atoms with van der Waals surface area (Å²) in [6.45, 7) is 8.24. The average molecular weight is 230 g/mol. The summed E-state index contributed by atoms with van der Waals surface area (Å²) in [6, 6.07) is 6.42. The molecule has 0 bridgehead atoms. The number of nitrogen functional groups attached to an aromatic ring is 1. The Morgan fingerprint density at radius 2 is 2.12 bits per heavy atom. The zero-order valence-electron chi connectivity index (χ0n) is 10.9. The lowest BCUT2D eigenvalue weighted by molar-refractivity contribution is 0.187. The van der Waals surface area contributed by atoms with E-state index in [0.717, 1.165) is 18.2 Å². The van der Waals surface area contributed by atoms with Gasteiger partial charge in [-0.3, -0.25) is 4.90 Å². The fraction of sp³-hybridized carbons (Fsp3) is 0.600. The lowest BCUT2D eigenvalue weighted by Crippen LogP contribution is -2.42. The predicted octanol–water partition coefficient (Wildman–Crippen LogP) is 2.77. The van der Waals surface area contributed by atoms with Gasteiger partial charge in [0, 0.05) is 30.7 Å². The number of fused-ring (bicyclic) bond motifs is 1. The molecule has 2 heteroatoms. The van der Waals surface area contributed by atoms with Crippen molar-refractivity contribution < 1.29 is 0 Å². The summed E-state index contributed by atoms with van der Waals surface area (Å²) in [7, 11) is 0. The Bertz CT molecular complexity index is 433. The van der Waals surface area contributed by atoms with Crippen LogP contribution in [0.2, 0.25) is 0 Å². The monoisotopic (exact) mass is 230 g/mol. The molecule has 2 aliphatic rings. The van der Waals surface area contributed by atoms with Crippen LogP contribution in [0.1, 0.15) is 37.8 Å². The molecular formula is C15H22N2. The second-order valence-corrected chi connectivity index (χ2v) is 6.41. The molecular weight excluding hydrogens is 208 g/mol. The van der Waals surface area contributed by atoms with Crippen molar-refractivity contribution in [3.8, 4) is 0 Å². The van der Waals surface area contributed by atoms with E-state index in [1.165, 1.54) is 37.1 Å². The van der Waals surface area contributed by atoms with Crippen LogP contribution in [0.5, 0.6) is 0 Å². The number of rotatable bonds is 2. The molecule has 17 heavy (non-hydrogen) atoms. The van der Waals surface area contributed by atoms with E-state index in [1.807, 2.05) is 6.07 Å². The van der Waals surface area contributed by atoms with Gasteiger partial charge in [-0.2, -0.15) is 0 Å². The van der Waals surface area contributed by atoms with Gasteiger partial charge in [0.2, 0.25) is 0 Å². The van der Waals surface area contributed by atoms with Gasteiger partial charge in [0.05, 0.1) is 0 Å². The zero-order valence-corrected chi connectivity index (χ0v) is 10.9. The zero-order chi connectivity index (χ0) is 12.0. The van der Waals surface area contributed by atoms with Crippen molar-refractivity contribution in [1.29, 1.82) is 0 Å². The summed E-state index contributed by atoms with van der Waals surface area (Å²) in [4.78, 5) is 2.61. The van der Waals surface area contributed by atoms with E-state index in [4.69, 9.17) is 5.73 Å². The highest BCUT2D eigenvalue weighted by molar-refractivity contribution is 5.48. The van der Waals surface area contributed by atoms with E-state index in [1.54, 1.807) is 0 Å². The molecule has 2 N–H and O–H groups in total. The third-order valence-electron chi connectivity index (χ3n) is 4.08. The number of hydrogen-bond acceptors (Lipinski definition) is 2. The molecule has 2 nitrogen and oxygen atoms in total. The SMILES string of the molecule is CC1(C)CN(CC2CC2)Cc2cc(N)ccc21. The highest BCUT2D eigenvalue weighted by Crippen LogP contribution is 2.37. The number of nitrogens with two attached hydrogens (primary N) is 1. The number of hydrogen-bond donors (Lipinski definition) is 1. The van der Waals surface area contributed by atoms with Gasteiger partial charge in [0.1, 0.15) is 0 Å². The van der Waals surface area contributed by atoms with E-state index < -0.39 is 0 Å². The Morgan fingerprint density at radius 1 is 1.35 bits per heavy atom. The van der Waals surface area contributed by atoms with Crippen LogP contribution in [0.3, 0.4) is 0 Å². The van der Waals surface area contributed by atoms with E-state index in [9.17, 15) is 0 Å². The van der Waals surface area contributed by atoms with E-state index in [0.29, 0.717) is 0 Å². The van der Waals surface area contributed by atoms with Gasteiger partial charge in [-0.25, -0.2) is 0 Å². The molecule has 0 spiro atoms. The van der Waals surface area contributed by atoms with Crippen molar-refractivity contribution in [2.24, 2.45) is 5.92 Å². The van der Waals surface area contributed by atoms with Crippen molar-refractivity contribution in [1.82, 2.24) is 4.90 Å². The Morgan fingerprint density at radius 3 is 2.82 bits per heavy atom. The van der Waals surface area contributed by atoms with Crippen LogP contribution in [0.25, 0.3) is 0 Å². The molecule has 1 aromatic rings. The first-order valence-electron chi connectivity index (χ1n) is 6.66. The highest BCUT2D eigenvalue weighted by Gasteiger charge is 2.34. The Hall–Kier alpha value is -1.02. The summed E-state index contributed by atoms with van der Waals surface area (Å²) in [6.07, 6.45) is 2.86. The summed E-state index contributed by atoms with van der Waals surface area (Å²) in [5.41, 5.74) is 9.98. The summed E-state index contributed by atoms with van der Waals surface area (Å²) in [5.74, 6) is 0.966. The van der Waals surface area contributed by atoms with Crippen LogP contribution in [0, 0.1) is 5.92 Å². The first-order chi connectivity index (χ1) is 8.04. The Labute approximate surface area is 104 Å². The number of benzene rings is 1. The standard InChI is InChI=1S/C15H22N2/c1-15(2)10-17(8-11-3-4-11)9-12-7-13(16)5-6-14(12)15/h5-7,11H,3-4,8-10,16H2,1-2H3. The fourth-order valence-corrected chi connectivity index (χ4v) is 3.14. The lowest BCUT2D eigenvalue weighted by Gasteiger charge is -2.40. The van der Waals surface area contributed by atoms with Crippen molar-refractivity contribution in [2.75, 3.05) is 18.8 Å². The van der Waals surface area contributed by atoms with Crippen LogP contribution in [-0.2, 0) is 12.0 Å². The molecule has 0 saturated heterocycles. The third-order valence-corrected chi connectivity index (χ3v) is 4.08. The smallest absolute Gasteiger partial charge is 0.0317 e. The summed E-state index contributed by atoms with van der Waals surface area (Å²) >= 11 is 0. The van der Waals surface area contributed by atoms with Crippen LogP contribution < -0.4 is 5.73 Å². The first kappa shape index (κ1) is 11.1. The Balaban J connectivity index is 1.89. The minimum Gasteiger partial charge on any atom is -0.399 e. The van der Waals surface area contributed by atoms with Gasteiger partial charge < -0.3 is 5.73 Å². The molecule has 0 radical (unpaired) electrons. The van der Waals surface area contributed by atoms with Gasteiger partial charge in [-0.1, -0.05) is 19.9 Å². The van der Waals surface area contributed by atoms with Gasteiger partial charge >= 0.3 is 0 Å². The lowest BCUT2D eigenvalue weighted by atomic mass is 9.78. The highest BCUT2D eigenvalue weighted by atomic mass is 15.1. The molecule has 0 amide bonds. The molecule has 0 unspecified atom stereocenters. The molecule has 1 aliphatic heterocycles. The summed E-state index contributed by atoms with van der Waals surface area (Å²) < 4.78 is 0. The van der Waals surface area contributed by atoms with Crippen LogP contribution in [0.15, 0.2) is 18.2 Å². The maximum Gasteiger partial charge on any atom is 0.0317 e. The average Bonchev–Trinajstić information content (AvgIpc) is 2.99. The van der Waals surface area contributed by atoms with Crippen molar-refractivity contribution in [2.45, 2.75) is 38.6 Å². The predicted molar refractivity (Wildman–Crippen MR) is 71.9 cm³/mol. The van der Waals surface area contributed by atoms with E-state index in [-0.39, 0.29) is 5.41 Å². The fourth-order valence-electron chi connectivity index (χ4n) is 3.14. The van der Waals surface area contributed by atoms with Gasteiger partial charge in [-0.05, 0) is 42.0 Å². The quantitative estimate of drug-likeness (QED) is 0.792. The van der Waals surface area contributed by atoms with Crippen LogP contribution in [0.4, 0.5) is 5.69 Å². The normalized spacial score (nSPS) is 23.4. The van der Waals surface area contributed by atoms with Crippen LogP contribution in [-0.4, -0.2) is 18.0 Å². The number of nitrogens with zero attached hydrogens (tertiary/aromatic N) is 1. The molecule has 0 aromatic heterocycles. The molecule has 1 aromatic carbocycles. The summed E-state index contributed by atoms with van der Waals surface area (Å²) in [5, 5.41) is 0.